The summed E-state index contributed by atoms with van der Waals surface area (Å²) in [4.78, 5) is 3.97. The molecule has 0 unspecified atom stereocenters. The van der Waals surface area contributed by atoms with E-state index in [2.05, 4.69) is 4.98 Å². The van der Waals surface area contributed by atoms with Gasteiger partial charge in [-0.1, -0.05) is 12.8 Å². The SMILES string of the molecule is NC1(COCCn2ccnc2)CCCC1. The molecule has 0 aliphatic heterocycles. The number of ether oxygens (including phenoxy) is 1. The van der Waals surface area contributed by atoms with Crippen molar-refractivity contribution in [2.45, 2.75) is 37.8 Å². The monoisotopic (exact) mass is 209 g/mol. The number of hydrogen-bond donors (Lipinski definition) is 1. The Kier molecular flexibility index (Phi) is 3.38. The number of imidazole rings is 1. The van der Waals surface area contributed by atoms with Gasteiger partial charge in [-0.05, 0) is 12.8 Å². The lowest BCUT2D eigenvalue weighted by molar-refractivity contribution is 0.0811. The van der Waals surface area contributed by atoms with E-state index in [4.69, 9.17) is 10.5 Å². The van der Waals surface area contributed by atoms with Crippen molar-refractivity contribution in [1.82, 2.24) is 9.55 Å². The fraction of sp³-hybridized carbons (Fsp3) is 0.727. The van der Waals surface area contributed by atoms with Crippen molar-refractivity contribution in [1.29, 1.82) is 0 Å². The molecule has 1 saturated carbocycles. The highest BCUT2D eigenvalue weighted by Gasteiger charge is 2.29. The van der Waals surface area contributed by atoms with Crippen LogP contribution in [-0.2, 0) is 11.3 Å². The molecule has 4 nitrogen and oxygen atoms in total. The third-order valence-electron chi connectivity index (χ3n) is 3.04. The molecule has 1 fully saturated rings. The molecule has 2 rings (SSSR count). The van der Waals surface area contributed by atoms with E-state index < -0.39 is 0 Å². The molecule has 0 saturated heterocycles. The van der Waals surface area contributed by atoms with Crippen molar-refractivity contribution in [2.24, 2.45) is 5.73 Å². The Bertz CT molecular complexity index is 278. The summed E-state index contributed by atoms with van der Waals surface area (Å²) in [6, 6.07) is 0. The summed E-state index contributed by atoms with van der Waals surface area (Å²) in [5.41, 5.74) is 6.13. The van der Waals surface area contributed by atoms with Gasteiger partial charge in [0, 0.05) is 24.5 Å². The van der Waals surface area contributed by atoms with Crippen molar-refractivity contribution in [3.8, 4) is 0 Å². The van der Waals surface area contributed by atoms with Crippen molar-refractivity contribution in [2.75, 3.05) is 13.2 Å². The largest absolute Gasteiger partial charge is 0.378 e. The number of hydrogen-bond acceptors (Lipinski definition) is 3. The quantitative estimate of drug-likeness (QED) is 0.741. The zero-order chi connectivity index (χ0) is 10.6. The van der Waals surface area contributed by atoms with E-state index >= 15 is 0 Å². The van der Waals surface area contributed by atoms with Crippen LogP contribution in [0.3, 0.4) is 0 Å². The first-order chi connectivity index (χ1) is 7.29. The molecule has 4 heteroatoms. The predicted molar refractivity (Wildman–Crippen MR) is 58.4 cm³/mol. The number of nitrogens with two attached hydrogens (primary N) is 1. The lowest BCUT2D eigenvalue weighted by Gasteiger charge is -2.23. The van der Waals surface area contributed by atoms with Gasteiger partial charge in [0.25, 0.3) is 0 Å². The Morgan fingerprint density at radius 2 is 2.20 bits per heavy atom. The second-order valence-corrected chi connectivity index (χ2v) is 4.42. The van der Waals surface area contributed by atoms with Crippen LogP contribution < -0.4 is 5.73 Å². The van der Waals surface area contributed by atoms with Gasteiger partial charge in [0.15, 0.2) is 0 Å². The maximum atomic E-state index is 6.17. The van der Waals surface area contributed by atoms with Crippen LogP contribution in [0.25, 0.3) is 0 Å². The summed E-state index contributed by atoms with van der Waals surface area (Å²) in [7, 11) is 0. The van der Waals surface area contributed by atoms with Crippen LogP contribution in [-0.4, -0.2) is 28.3 Å². The minimum Gasteiger partial charge on any atom is -0.378 e. The highest BCUT2D eigenvalue weighted by molar-refractivity contribution is 4.88. The average molecular weight is 209 g/mol. The van der Waals surface area contributed by atoms with Crippen LogP contribution in [0, 0.1) is 0 Å². The lowest BCUT2D eigenvalue weighted by Crippen LogP contribution is -2.41. The van der Waals surface area contributed by atoms with E-state index in [0.717, 1.165) is 26.0 Å². The van der Waals surface area contributed by atoms with Gasteiger partial charge in [-0.25, -0.2) is 4.98 Å². The normalized spacial score (nSPS) is 19.5. The Morgan fingerprint density at radius 1 is 1.40 bits per heavy atom. The van der Waals surface area contributed by atoms with Crippen LogP contribution in [0.2, 0.25) is 0 Å². The summed E-state index contributed by atoms with van der Waals surface area (Å²) >= 11 is 0. The first-order valence-corrected chi connectivity index (χ1v) is 5.61. The molecule has 0 radical (unpaired) electrons. The molecular formula is C11H19N3O. The summed E-state index contributed by atoms with van der Waals surface area (Å²) in [6.07, 6.45) is 10.2. The third kappa shape index (κ3) is 3.04. The highest BCUT2D eigenvalue weighted by atomic mass is 16.5. The van der Waals surface area contributed by atoms with Gasteiger partial charge < -0.3 is 15.0 Å². The zero-order valence-electron chi connectivity index (χ0n) is 9.06. The molecule has 1 heterocycles. The maximum absolute atomic E-state index is 6.17. The van der Waals surface area contributed by atoms with Gasteiger partial charge in [-0.2, -0.15) is 0 Å². The highest BCUT2D eigenvalue weighted by Crippen LogP contribution is 2.27. The van der Waals surface area contributed by atoms with Gasteiger partial charge in [0.05, 0.1) is 19.5 Å². The van der Waals surface area contributed by atoms with Crippen LogP contribution in [0.15, 0.2) is 18.7 Å². The Hall–Kier alpha value is -0.870. The van der Waals surface area contributed by atoms with Crippen LogP contribution in [0.4, 0.5) is 0 Å². The second kappa shape index (κ2) is 4.77. The summed E-state index contributed by atoms with van der Waals surface area (Å²) in [5.74, 6) is 0. The molecule has 0 amide bonds. The topological polar surface area (TPSA) is 53.1 Å². The van der Waals surface area contributed by atoms with E-state index in [0.29, 0.717) is 6.61 Å². The molecule has 1 aliphatic carbocycles. The maximum Gasteiger partial charge on any atom is 0.0946 e. The zero-order valence-corrected chi connectivity index (χ0v) is 9.06. The molecule has 0 bridgehead atoms. The van der Waals surface area contributed by atoms with Crippen molar-refractivity contribution in [3.63, 3.8) is 0 Å². The Balaban J connectivity index is 1.62. The Labute approximate surface area is 90.4 Å². The standard InChI is InChI=1S/C11H19N3O/c12-11(3-1-2-4-11)9-15-8-7-14-6-5-13-10-14/h5-6,10H,1-4,7-9,12H2. The molecule has 0 atom stereocenters. The van der Waals surface area contributed by atoms with Crippen molar-refractivity contribution >= 4 is 0 Å². The fourth-order valence-electron chi connectivity index (χ4n) is 2.09. The number of nitrogens with zero attached hydrogens (tertiary/aromatic N) is 2. The first-order valence-electron chi connectivity index (χ1n) is 5.61. The van der Waals surface area contributed by atoms with E-state index in [1.54, 1.807) is 12.5 Å². The molecular weight excluding hydrogens is 190 g/mol. The fourth-order valence-corrected chi connectivity index (χ4v) is 2.09. The van der Waals surface area contributed by atoms with Crippen LogP contribution in [0.5, 0.6) is 0 Å². The van der Waals surface area contributed by atoms with E-state index in [1.165, 1.54) is 12.8 Å². The van der Waals surface area contributed by atoms with Gasteiger partial charge in [0.1, 0.15) is 0 Å². The molecule has 2 N–H and O–H groups in total. The smallest absolute Gasteiger partial charge is 0.0946 e. The minimum atomic E-state index is -0.0467. The molecule has 1 aliphatic rings. The van der Waals surface area contributed by atoms with Crippen molar-refractivity contribution < 1.29 is 4.74 Å². The second-order valence-electron chi connectivity index (χ2n) is 4.42. The van der Waals surface area contributed by atoms with Gasteiger partial charge in [-0.3, -0.25) is 0 Å². The third-order valence-corrected chi connectivity index (χ3v) is 3.04. The van der Waals surface area contributed by atoms with Gasteiger partial charge in [-0.15, -0.1) is 0 Å². The molecule has 0 aromatic carbocycles. The molecule has 15 heavy (non-hydrogen) atoms. The minimum absolute atomic E-state index is 0.0467. The predicted octanol–water partition coefficient (Wildman–Crippen LogP) is 1.17. The molecule has 1 aromatic heterocycles. The summed E-state index contributed by atoms with van der Waals surface area (Å²) in [6.45, 7) is 2.27. The van der Waals surface area contributed by atoms with Gasteiger partial charge in [0.2, 0.25) is 0 Å². The Morgan fingerprint density at radius 3 is 2.87 bits per heavy atom. The van der Waals surface area contributed by atoms with E-state index in [-0.39, 0.29) is 5.54 Å². The van der Waals surface area contributed by atoms with Crippen LogP contribution >= 0.6 is 0 Å². The summed E-state index contributed by atoms with van der Waals surface area (Å²) in [5, 5.41) is 0. The molecule has 1 aromatic rings. The number of aromatic nitrogens is 2. The van der Waals surface area contributed by atoms with Crippen molar-refractivity contribution in [3.05, 3.63) is 18.7 Å². The van der Waals surface area contributed by atoms with Crippen LogP contribution in [0.1, 0.15) is 25.7 Å². The van der Waals surface area contributed by atoms with E-state index in [9.17, 15) is 0 Å². The van der Waals surface area contributed by atoms with Gasteiger partial charge >= 0.3 is 0 Å². The molecule has 84 valence electrons. The molecule has 0 spiro atoms. The average Bonchev–Trinajstić information content (AvgIpc) is 2.84. The number of rotatable bonds is 5. The van der Waals surface area contributed by atoms with E-state index in [1.807, 2.05) is 10.8 Å². The lowest BCUT2D eigenvalue weighted by atomic mass is 10.0. The summed E-state index contributed by atoms with van der Waals surface area (Å²) < 4.78 is 7.63. The first kappa shape index (κ1) is 10.6.